The van der Waals surface area contributed by atoms with E-state index in [1.165, 1.54) is 12.1 Å². The number of thiazole rings is 1. The van der Waals surface area contributed by atoms with E-state index in [2.05, 4.69) is 10.1 Å². The fraction of sp³-hybridized carbons (Fsp3) is 0.227. The van der Waals surface area contributed by atoms with Crippen LogP contribution >= 0.6 is 11.3 Å². The number of halogens is 1. The lowest BCUT2D eigenvalue weighted by Crippen LogP contribution is -2.28. The highest BCUT2D eigenvalue weighted by Crippen LogP contribution is 2.23. The van der Waals surface area contributed by atoms with E-state index >= 15 is 0 Å². The lowest BCUT2D eigenvalue weighted by molar-refractivity contribution is -0.129. The van der Waals surface area contributed by atoms with Crippen molar-refractivity contribution < 1.29 is 9.18 Å². The minimum Gasteiger partial charge on any atom is -0.339 e. The number of likely N-dealkylation sites (N-methyl/N-ethyl adjacent to an activating group) is 1. The molecule has 0 saturated carbocycles. The van der Waals surface area contributed by atoms with Gasteiger partial charge in [0.25, 0.3) is 0 Å². The van der Waals surface area contributed by atoms with Crippen LogP contribution in [0.4, 0.5) is 4.39 Å². The number of carbonyl (C=O) groups excluding carboxylic acids is 1. The molecule has 0 aliphatic carbocycles. The predicted molar refractivity (Wildman–Crippen MR) is 113 cm³/mol. The van der Waals surface area contributed by atoms with E-state index in [1.807, 2.05) is 38.1 Å². The van der Waals surface area contributed by atoms with Gasteiger partial charge < -0.3 is 4.90 Å². The molecule has 0 radical (unpaired) electrons. The number of amides is 1. The molecular formula is C22H21FN4OS. The summed E-state index contributed by atoms with van der Waals surface area (Å²) in [4.78, 5) is 19.1. The van der Waals surface area contributed by atoms with Crippen LogP contribution in [0, 0.1) is 19.7 Å². The van der Waals surface area contributed by atoms with Crippen molar-refractivity contribution in [2.24, 2.45) is 0 Å². The molecule has 2 heterocycles. The number of hydrogen-bond acceptors (Lipinski definition) is 4. The molecule has 0 unspecified atom stereocenters. The van der Waals surface area contributed by atoms with Crippen LogP contribution in [-0.4, -0.2) is 32.6 Å². The Bertz CT molecular complexity index is 1150. The van der Waals surface area contributed by atoms with Gasteiger partial charge in [-0.25, -0.2) is 14.1 Å². The van der Waals surface area contributed by atoms with Gasteiger partial charge in [-0.1, -0.05) is 12.1 Å². The number of para-hydroxylation sites is 1. The number of benzene rings is 2. The van der Waals surface area contributed by atoms with Crippen LogP contribution in [0.5, 0.6) is 0 Å². The molecule has 29 heavy (non-hydrogen) atoms. The molecule has 0 saturated heterocycles. The molecule has 0 spiro atoms. The summed E-state index contributed by atoms with van der Waals surface area (Å²) in [6.07, 6.45) is 0.264. The van der Waals surface area contributed by atoms with Crippen molar-refractivity contribution in [3.63, 3.8) is 0 Å². The van der Waals surface area contributed by atoms with Crippen LogP contribution in [0.3, 0.4) is 0 Å². The first-order valence-electron chi connectivity index (χ1n) is 9.32. The lowest BCUT2D eigenvalue weighted by atomic mass is 10.1. The Balaban J connectivity index is 1.51. The quantitative estimate of drug-likeness (QED) is 0.491. The van der Waals surface area contributed by atoms with Gasteiger partial charge in [0.2, 0.25) is 5.91 Å². The van der Waals surface area contributed by atoms with Crippen LogP contribution in [0.1, 0.15) is 22.0 Å². The predicted octanol–water partition coefficient (Wildman–Crippen LogP) is 4.44. The Morgan fingerprint density at radius 3 is 2.59 bits per heavy atom. The molecule has 0 bridgehead atoms. The number of nitrogens with zero attached hydrogens (tertiary/aromatic N) is 4. The molecule has 1 amide bonds. The first-order chi connectivity index (χ1) is 13.9. The molecule has 2 aromatic heterocycles. The number of hydrogen-bond donors (Lipinski definition) is 0. The molecular weight excluding hydrogens is 387 g/mol. The van der Waals surface area contributed by atoms with Crippen LogP contribution in [0.2, 0.25) is 0 Å². The van der Waals surface area contributed by atoms with Gasteiger partial charge in [-0.3, -0.25) is 4.79 Å². The molecule has 7 heteroatoms. The van der Waals surface area contributed by atoms with E-state index in [1.54, 1.807) is 40.1 Å². The Labute approximate surface area is 172 Å². The first kappa shape index (κ1) is 19.3. The maximum Gasteiger partial charge on any atom is 0.227 e. The standard InChI is InChI=1S/C22H21FN4OS/c1-14-18(15(2)27(25-14)17-10-8-16(23)9-11-17)12-22(28)26(3)13-21-24-19-6-4-5-7-20(19)29-21/h4-11H,12-13H2,1-3H3. The van der Waals surface area contributed by atoms with Gasteiger partial charge in [0.15, 0.2) is 0 Å². The largest absolute Gasteiger partial charge is 0.339 e. The number of aryl methyl sites for hydroxylation is 1. The maximum absolute atomic E-state index is 13.2. The number of carbonyl (C=O) groups is 1. The summed E-state index contributed by atoms with van der Waals surface area (Å²) in [5.74, 6) is -0.281. The number of aromatic nitrogens is 3. The fourth-order valence-corrected chi connectivity index (χ4v) is 4.35. The van der Waals surface area contributed by atoms with Gasteiger partial charge in [0.05, 0.1) is 34.6 Å². The fourth-order valence-electron chi connectivity index (χ4n) is 3.33. The average molecular weight is 409 g/mol. The zero-order chi connectivity index (χ0) is 20.5. The van der Waals surface area contributed by atoms with Crippen molar-refractivity contribution >= 4 is 27.5 Å². The van der Waals surface area contributed by atoms with Crippen molar-refractivity contribution in [2.45, 2.75) is 26.8 Å². The zero-order valence-corrected chi connectivity index (χ0v) is 17.3. The lowest BCUT2D eigenvalue weighted by Gasteiger charge is -2.16. The summed E-state index contributed by atoms with van der Waals surface area (Å²) < 4.78 is 16.1. The summed E-state index contributed by atoms with van der Waals surface area (Å²) in [6.45, 7) is 4.30. The summed E-state index contributed by atoms with van der Waals surface area (Å²) in [7, 11) is 1.80. The third-order valence-electron chi connectivity index (χ3n) is 4.98. The van der Waals surface area contributed by atoms with Crippen LogP contribution < -0.4 is 0 Å². The normalized spacial score (nSPS) is 11.2. The van der Waals surface area contributed by atoms with Gasteiger partial charge in [0, 0.05) is 18.3 Å². The minimum absolute atomic E-state index is 0.00844. The SMILES string of the molecule is Cc1nn(-c2ccc(F)cc2)c(C)c1CC(=O)N(C)Cc1nc2ccccc2s1. The second kappa shape index (κ2) is 7.75. The minimum atomic E-state index is -0.290. The van der Waals surface area contributed by atoms with Crippen LogP contribution in [0.25, 0.3) is 15.9 Å². The van der Waals surface area contributed by atoms with E-state index in [4.69, 9.17) is 0 Å². The molecule has 148 valence electrons. The second-order valence-corrected chi connectivity index (χ2v) is 8.15. The van der Waals surface area contributed by atoms with Crippen molar-refractivity contribution in [3.8, 4) is 5.69 Å². The summed E-state index contributed by atoms with van der Waals surface area (Å²) in [6, 6.07) is 14.1. The van der Waals surface area contributed by atoms with Crippen molar-refractivity contribution in [1.29, 1.82) is 0 Å². The zero-order valence-electron chi connectivity index (χ0n) is 16.5. The monoisotopic (exact) mass is 408 g/mol. The molecule has 2 aromatic carbocycles. The van der Waals surface area contributed by atoms with Gasteiger partial charge in [-0.05, 0) is 50.2 Å². The summed E-state index contributed by atoms with van der Waals surface area (Å²) >= 11 is 1.61. The molecule has 0 aliphatic heterocycles. The van der Waals surface area contributed by atoms with Gasteiger partial charge in [0.1, 0.15) is 10.8 Å². The number of fused-ring (bicyclic) bond motifs is 1. The van der Waals surface area contributed by atoms with Crippen LogP contribution in [0.15, 0.2) is 48.5 Å². The smallest absolute Gasteiger partial charge is 0.227 e. The van der Waals surface area contributed by atoms with Crippen LogP contribution in [-0.2, 0) is 17.8 Å². The van der Waals surface area contributed by atoms with E-state index in [-0.39, 0.29) is 18.1 Å². The van der Waals surface area contributed by atoms with E-state index in [0.29, 0.717) is 6.54 Å². The summed E-state index contributed by atoms with van der Waals surface area (Å²) in [5, 5.41) is 5.46. The van der Waals surface area contributed by atoms with Crippen molar-refractivity contribution in [2.75, 3.05) is 7.05 Å². The third kappa shape index (κ3) is 3.91. The van der Waals surface area contributed by atoms with Gasteiger partial charge >= 0.3 is 0 Å². The Kier molecular flexibility index (Phi) is 5.15. The molecule has 0 aliphatic rings. The molecule has 0 fully saturated rings. The Morgan fingerprint density at radius 2 is 1.86 bits per heavy atom. The topological polar surface area (TPSA) is 51.0 Å². The second-order valence-electron chi connectivity index (χ2n) is 7.04. The van der Waals surface area contributed by atoms with Gasteiger partial charge in [-0.15, -0.1) is 11.3 Å². The molecule has 0 atom stereocenters. The van der Waals surface area contributed by atoms with Gasteiger partial charge in [-0.2, -0.15) is 5.10 Å². The van der Waals surface area contributed by atoms with E-state index < -0.39 is 0 Å². The number of rotatable bonds is 5. The maximum atomic E-state index is 13.2. The summed E-state index contributed by atoms with van der Waals surface area (Å²) in [5.41, 5.74) is 4.31. The Hall–Kier alpha value is -3.06. The Morgan fingerprint density at radius 1 is 1.14 bits per heavy atom. The molecule has 0 N–H and O–H groups in total. The van der Waals surface area contributed by atoms with Crippen molar-refractivity contribution in [3.05, 3.63) is 76.3 Å². The highest BCUT2D eigenvalue weighted by Gasteiger charge is 2.19. The van der Waals surface area contributed by atoms with E-state index in [0.717, 1.165) is 37.9 Å². The average Bonchev–Trinajstić information content (AvgIpc) is 3.23. The van der Waals surface area contributed by atoms with Crippen molar-refractivity contribution in [1.82, 2.24) is 19.7 Å². The molecule has 4 rings (SSSR count). The van der Waals surface area contributed by atoms with E-state index in [9.17, 15) is 9.18 Å². The highest BCUT2D eigenvalue weighted by atomic mass is 32.1. The molecule has 5 nitrogen and oxygen atoms in total. The third-order valence-corrected chi connectivity index (χ3v) is 6.00. The highest BCUT2D eigenvalue weighted by molar-refractivity contribution is 7.18. The molecule has 4 aromatic rings. The first-order valence-corrected chi connectivity index (χ1v) is 10.1.